The van der Waals surface area contributed by atoms with E-state index >= 15 is 0 Å². The number of anilines is 1. The minimum absolute atomic E-state index is 0.0260. The van der Waals surface area contributed by atoms with Crippen molar-refractivity contribution in [1.82, 2.24) is 14.5 Å². The van der Waals surface area contributed by atoms with Crippen molar-refractivity contribution in [2.75, 3.05) is 11.5 Å². The number of rotatable bonds is 9. The normalized spacial score (nSPS) is 11.4. The molecule has 43 heavy (non-hydrogen) atoms. The summed E-state index contributed by atoms with van der Waals surface area (Å²) in [4.78, 5) is 36.2. The highest BCUT2D eigenvalue weighted by Gasteiger charge is 2.43. The van der Waals surface area contributed by atoms with E-state index in [1.54, 1.807) is 25.4 Å². The zero-order valence-electron chi connectivity index (χ0n) is 24.1. The van der Waals surface area contributed by atoms with Crippen LogP contribution < -0.4 is 10.3 Å². The van der Waals surface area contributed by atoms with Gasteiger partial charge in [-0.1, -0.05) is 97.1 Å². The maximum atomic E-state index is 13.3. The van der Waals surface area contributed by atoms with Gasteiger partial charge >= 0.3 is 5.97 Å². The van der Waals surface area contributed by atoms with Crippen molar-refractivity contribution in [3.05, 3.63) is 166 Å². The summed E-state index contributed by atoms with van der Waals surface area (Å²) in [5.74, 6) is 0.0830. The first-order valence-corrected chi connectivity index (χ1v) is 14.3. The minimum Gasteiger partial charge on any atom is -0.462 e. The van der Waals surface area contributed by atoms with Crippen molar-refractivity contribution in [1.29, 1.82) is 0 Å². The van der Waals surface area contributed by atoms with E-state index in [1.807, 2.05) is 48.1 Å². The third kappa shape index (κ3) is 4.99. The Balaban J connectivity index is 1.58. The number of benzene rings is 4. The second kappa shape index (κ2) is 11.8. The van der Waals surface area contributed by atoms with Gasteiger partial charge in [-0.2, -0.15) is 0 Å². The number of fused-ring (bicyclic) bond motifs is 1. The molecular weight excluding hydrogens is 536 g/mol. The summed E-state index contributed by atoms with van der Waals surface area (Å²) in [6.45, 7) is 2.38. The number of nitrogens with zero attached hydrogens (tertiary/aromatic N) is 3. The van der Waals surface area contributed by atoms with E-state index in [0.717, 1.165) is 27.8 Å². The predicted molar refractivity (Wildman–Crippen MR) is 169 cm³/mol. The van der Waals surface area contributed by atoms with E-state index in [-0.39, 0.29) is 17.6 Å². The maximum absolute atomic E-state index is 13.3. The van der Waals surface area contributed by atoms with E-state index in [0.29, 0.717) is 17.9 Å². The number of esters is 1. The quantitative estimate of drug-likeness (QED) is 0.160. The topological polar surface area (TPSA) is 80.2 Å². The van der Waals surface area contributed by atoms with Gasteiger partial charge in [0.15, 0.2) is 0 Å². The van der Waals surface area contributed by atoms with Gasteiger partial charge in [-0.25, -0.2) is 9.78 Å². The van der Waals surface area contributed by atoms with Crippen LogP contribution in [0.1, 0.15) is 39.5 Å². The number of carbonyl (C=O) groups is 1. The summed E-state index contributed by atoms with van der Waals surface area (Å²) in [7, 11) is 1.83. The number of aromatic nitrogens is 3. The molecule has 214 valence electrons. The van der Waals surface area contributed by atoms with Crippen LogP contribution in [0.5, 0.6) is 0 Å². The average Bonchev–Trinajstić information content (AvgIpc) is 3.59. The van der Waals surface area contributed by atoms with Gasteiger partial charge in [0.05, 0.1) is 12.1 Å². The van der Waals surface area contributed by atoms with Crippen molar-refractivity contribution < 1.29 is 9.53 Å². The molecule has 0 fully saturated rings. The highest BCUT2D eigenvalue weighted by Crippen LogP contribution is 2.44. The Labute approximate surface area is 250 Å². The lowest BCUT2D eigenvalue weighted by atomic mass is 9.75. The standard InChI is InChI=1S/C36H32N4O3/c1-3-43-34(42)31-25-39(2)32-23-26(19-20-30(32)33(31)41)24-40(35-37-21-22-38-35)36(27-13-7-4-8-14-27,28-15-9-5-10-16-28)29-17-11-6-12-18-29/h4-23,25H,3,24H2,1-2H3,(H,37,38). The average molecular weight is 569 g/mol. The van der Waals surface area contributed by atoms with Gasteiger partial charge in [0.2, 0.25) is 11.4 Å². The lowest BCUT2D eigenvalue weighted by Gasteiger charge is -2.45. The molecule has 0 radical (unpaired) electrons. The SMILES string of the molecule is CCOC(=O)c1cn(C)c2cc(CN(c3ncc[nH]3)C(c3ccccc3)(c3ccccc3)c3ccccc3)ccc2c1=O. The number of H-pyrrole nitrogens is 1. The zero-order chi connectivity index (χ0) is 29.8. The first-order chi connectivity index (χ1) is 21.0. The molecule has 2 heterocycles. The number of hydrogen-bond acceptors (Lipinski definition) is 5. The molecule has 6 aromatic rings. The highest BCUT2D eigenvalue weighted by molar-refractivity contribution is 5.93. The van der Waals surface area contributed by atoms with Gasteiger partial charge in [-0.15, -0.1) is 0 Å². The van der Waals surface area contributed by atoms with Gasteiger partial charge < -0.3 is 19.2 Å². The molecular formula is C36H32N4O3. The Bertz CT molecular complexity index is 1800. The van der Waals surface area contributed by atoms with E-state index in [9.17, 15) is 9.59 Å². The zero-order valence-corrected chi connectivity index (χ0v) is 24.1. The number of aromatic amines is 1. The van der Waals surface area contributed by atoms with Crippen LogP contribution in [0.25, 0.3) is 10.9 Å². The Morgan fingerprint density at radius 2 is 1.47 bits per heavy atom. The van der Waals surface area contributed by atoms with E-state index in [1.165, 1.54) is 0 Å². The van der Waals surface area contributed by atoms with Crippen LogP contribution in [-0.4, -0.2) is 27.1 Å². The summed E-state index contributed by atoms with van der Waals surface area (Å²) in [6.07, 6.45) is 5.14. The molecule has 7 heteroatoms. The Kier molecular flexibility index (Phi) is 7.62. The number of imidazole rings is 1. The van der Waals surface area contributed by atoms with Gasteiger partial charge in [-0.05, 0) is 41.3 Å². The van der Waals surface area contributed by atoms with Crippen molar-refractivity contribution in [2.45, 2.75) is 19.0 Å². The fraction of sp³-hybridized carbons (Fsp3) is 0.139. The highest BCUT2D eigenvalue weighted by atomic mass is 16.5. The van der Waals surface area contributed by atoms with E-state index < -0.39 is 11.5 Å². The fourth-order valence-corrected chi connectivity index (χ4v) is 5.93. The molecule has 0 aliphatic rings. The molecule has 0 aliphatic carbocycles. The Hall–Kier alpha value is -5.43. The van der Waals surface area contributed by atoms with Crippen molar-refractivity contribution in [3.8, 4) is 0 Å². The number of ether oxygens (including phenoxy) is 1. The van der Waals surface area contributed by atoms with Crippen LogP contribution in [0.15, 0.2) is 133 Å². The molecule has 1 N–H and O–H groups in total. The first kappa shape index (κ1) is 27.7. The molecule has 0 amide bonds. The summed E-state index contributed by atoms with van der Waals surface area (Å²) >= 11 is 0. The number of hydrogen-bond donors (Lipinski definition) is 1. The number of pyridine rings is 1. The van der Waals surface area contributed by atoms with Crippen LogP contribution in [0.2, 0.25) is 0 Å². The van der Waals surface area contributed by atoms with Crippen LogP contribution in [0.3, 0.4) is 0 Å². The molecule has 0 spiro atoms. The second-order valence-corrected chi connectivity index (χ2v) is 10.4. The predicted octanol–water partition coefficient (Wildman–Crippen LogP) is 6.44. The molecule has 6 rings (SSSR count). The van der Waals surface area contributed by atoms with Crippen LogP contribution >= 0.6 is 0 Å². The number of carbonyl (C=O) groups excluding carboxylic acids is 1. The Morgan fingerprint density at radius 3 is 1.98 bits per heavy atom. The third-order valence-electron chi connectivity index (χ3n) is 7.81. The molecule has 0 bridgehead atoms. The molecule has 4 aromatic carbocycles. The van der Waals surface area contributed by atoms with E-state index in [2.05, 4.69) is 82.7 Å². The van der Waals surface area contributed by atoms with Gasteiger partial charge in [0, 0.05) is 37.6 Å². The molecule has 0 saturated heterocycles. The second-order valence-electron chi connectivity index (χ2n) is 10.4. The summed E-state index contributed by atoms with van der Waals surface area (Å²) in [5, 5.41) is 0.460. The number of nitrogens with one attached hydrogen (secondary N) is 1. The monoisotopic (exact) mass is 568 g/mol. The summed E-state index contributed by atoms with van der Waals surface area (Å²) in [6, 6.07) is 37.1. The van der Waals surface area contributed by atoms with E-state index in [4.69, 9.17) is 9.72 Å². The van der Waals surface area contributed by atoms with Gasteiger partial charge in [0.25, 0.3) is 0 Å². The molecule has 0 unspecified atom stereocenters. The van der Waals surface area contributed by atoms with Crippen molar-refractivity contribution >= 4 is 22.8 Å². The van der Waals surface area contributed by atoms with Crippen LogP contribution in [0, 0.1) is 0 Å². The largest absolute Gasteiger partial charge is 0.462 e. The number of aryl methyl sites for hydroxylation is 1. The molecule has 7 nitrogen and oxygen atoms in total. The van der Waals surface area contributed by atoms with Gasteiger partial charge in [0.1, 0.15) is 11.1 Å². The Morgan fingerprint density at radius 1 is 0.884 bits per heavy atom. The molecule has 0 saturated carbocycles. The van der Waals surface area contributed by atoms with Gasteiger partial charge in [-0.3, -0.25) is 4.79 Å². The lowest BCUT2D eigenvalue weighted by Crippen LogP contribution is -2.48. The first-order valence-electron chi connectivity index (χ1n) is 14.3. The van der Waals surface area contributed by atoms with Crippen LogP contribution in [-0.2, 0) is 23.9 Å². The summed E-state index contributed by atoms with van der Waals surface area (Å²) in [5.41, 5.74) is 3.85. The maximum Gasteiger partial charge on any atom is 0.343 e. The van der Waals surface area contributed by atoms with Crippen LogP contribution in [0.4, 0.5) is 5.95 Å². The van der Waals surface area contributed by atoms with Crippen molar-refractivity contribution in [2.24, 2.45) is 7.05 Å². The smallest absolute Gasteiger partial charge is 0.343 e. The molecule has 0 aliphatic heterocycles. The fourth-order valence-electron chi connectivity index (χ4n) is 5.93. The summed E-state index contributed by atoms with van der Waals surface area (Å²) < 4.78 is 6.93. The lowest BCUT2D eigenvalue weighted by molar-refractivity contribution is 0.0524. The third-order valence-corrected chi connectivity index (χ3v) is 7.81. The molecule has 0 atom stereocenters. The minimum atomic E-state index is -0.768. The van der Waals surface area contributed by atoms with Crippen molar-refractivity contribution in [3.63, 3.8) is 0 Å². The molecule has 2 aromatic heterocycles.